The number of hydrogen-bond acceptors (Lipinski definition) is 4. The molecule has 0 saturated heterocycles. The highest BCUT2D eigenvalue weighted by Crippen LogP contribution is 2.25. The Morgan fingerprint density at radius 1 is 1.14 bits per heavy atom. The summed E-state index contributed by atoms with van der Waals surface area (Å²) in [7, 11) is 0. The SMILES string of the molecule is CCN(c1cccc(C=Cc2cccc(NC(=O)O)c2)c1)c1ccnc(Cl)n1. The number of anilines is 3. The van der Waals surface area contributed by atoms with Gasteiger partial charge in [-0.25, -0.2) is 14.8 Å². The zero-order valence-electron chi connectivity index (χ0n) is 15.2. The molecule has 1 aromatic heterocycles. The van der Waals surface area contributed by atoms with E-state index in [4.69, 9.17) is 16.7 Å². The molecule has 0 aliphatic heterocycles. The van der Waals surface area contributed by atoms with Gasteiger partial charge in [-0.2, -0.15) is 0 Å². The number of nitrogens with zero attached hydrogens (tertiary/aromatic N) is 3. The highest BCUT2D eigenvalue weighted by atomic mass is 35.5. The van der Waals surface area contributed by atoms with Crippen molar-refractivity contribution in [2.45, 2.75) is 6.92 Å². The Balaban J connectivity index is 1.83. The molecular weight excluding hydrogens is 376 g/mol. The first-order valence-electron chi connectivity index (χ1n) is 8.69. The van der Waals surface area contributed by atoms with Crippen LogP contribution in [0.25, 0.3) is 12.2 Å². The molecule has 0 aliphatic carbocycles. The van der Waals surface area contributed by atoms with Crippen molar-refractivity contribution in [1.29, 1.82) is 0 Å². The van der Waals surface area contributed by atoms with Crippen molar-refractivity contribution < 1.29 is 9.90 Å². The molecule has 0 fully saturated rings. The topological polar surface area (TPSA) is 78.4 Å². The van der Waals surface area contributed by atoms with Gasteiger partial charge in [0.15, 0.2) is 0 Å². The van der Waals surface area contributed by atoms with E-state index < -0.39 is 6.09 Å². The van der Waals surface area contributed by atoms with Crippen LogP contribution in [-0.2, 0) is 0 Å². The summed E-state index contributed by atoms with van der Waals surface area (Å²) in [6, 6.07) is 17.0. The van der Waals surface area contributed by atoms with Gasteiger partial charge in [-0.05, 0) is 60.0 Å². The largest absolute Gasteiger partial charge is 0.465 e. The molecule has 0 radical (unpaired) electrons. The normalized spacial score (nSPS) is 10.8. The van der Waals surface area contributed by atoms with E-state index in [1.807, 2.05) is 54.3 Å². The van der Waals surface area contributed by atoms with E-state index in [1.165, 1.54) is 0 Å². The van der Waals surface area contributed by atoms with Gasteiger partial charge in [-0.3, -0.25) is 5.32 Å². The van der Waals surface area contributed by atoms with E-state index in [1.54, 1.807) is 24.4 Å². The number of rotatable bonds is 6. The molecule has 0 aliphatic rings. The van der Waals surface area contributed by atoms with Crippen molar-refractivity contribution in [2.75, 3.05) is 16.8 Å². The summed E-state index contributed by atoms with van der Waals surface area (Å²) in [5.41, 5.74) is 3.42. The van der Waals surface area contributed by atoms with Crippen LogP contribution in [0.15, 0.2) is 60.8 Å². The lowest BCUT2D eigenvalue weighted by atomic mass is 10.1. The molecule has 0 bridgehead atoms. The number of carboxylic acid groups (broad SMARTS) is 1. The maximum atomic E-state index is 10.8. The maximum Gasteiger partial charge on any atom is 0.409 e. The quantitative estimate of drug-likeness (QED) is 0.423. The van der Waals surface area contributed by atoms with Gasteiger partial charge in [0.1, 0.15) is 5.82 Å². The highest BCUT2D eigenvalue weighted by Gasteiger charge is 2.09. The Labute approximate surface area is 168 Å². The van der Waals surface area contributed by atoms with Crippen LogP contribution in [0.5, 0.6) is 0 Å². The van der Waals surface area contributed by atoms with Gasteiger partial charge >= 0.3 is 6.09 Å². The zero-order chi connectivity index (χ0) is 19.9. The third-order valence-corrected chi connectivity index (χ3v) is 4.17. The van der Waals surface area contributed by atoms with Crippen LogP contribution < -0.4 is 10.2 Å². The molecule has 0 atom stereocenters. The molecular formula is C21H19ClN4O2. The fourth-order valence-corrected chi connectivity index (χ4v) is 2.93. The molecule has 0 spiro atoms. The van der Waals surface area contributed by atoms with Crippen LogP contribution in [-0.4, -0.2) is 27.7 Å². The Morgan fingerprint density at radius 3 is 2.54 bits per heavy atom. The summed E-state index contributed by atoms with van der Waals surface area (Å²) in [5, 5.41) is 11.4. The van der Waals surface area contributed by atoms with Crippen molar-refractivity contribution in [2.24, 2.45) is 0 Å². The standard InChI is InChI=1S/C21H19ClN4O2/c1-2-26(19-11-12-23-20(22)25-19)18-8-4-6-16(14-18)10-9-15-5-3-7-17(13-15)24-21(27)28/h3-14,24H,2H2,1H3,(H,27,28). The monoisotopic (exact) mass is 394 g/mol. The molecule has 0 saturated carbocycles. The molecule has 7 heteroatoms. The zero-order valence-corrected chi connectivity index (χ0v) is 16.0. The Hall–Kier alpha value is -3.38. The lowest BCUT2D eigenvalue weighted by Gasteiger charge is -2.22. The lowest BCUT2D eigenvalue weighted by molar-refractivity contribution is 0.210. The van der Waals surface area contributed by atoms with Crippen LogP contribution in [0.1, 0.15) is 18.1 Å². The van der Waals surface area contributed by atoms with Crippen molar-refractivity contribution in [3.8, 4) is 0 Å². The average molecular weight is 395 g/mol. The first kappa shape index (κ1) is 19.4. The first-order valence-corrected chi connectivity index (χ1v) is 9.07. The van der Waals surface area contributed by atoms with Gasteiger partial charge < -0.3 is 10.0 Å². The highest BCUT2D eigenvalue weighted by molar-refractivity contribution is 6.28. The molecule has 142 valence electrons. The van der Waals surface area contributed by atoms with E-state index in [-0.39, 0.29) is 5.28 Å². The first-order chi connectivity index (χ1) is 13.5. The molecule has 1 heterocycles. The van der Waals surface area contributed by atoms with Crippen LogP contribution >= 0.6 is 11.6 Å². The van der Waals surface area contributed by atoms with Crippen molar-refractivity contribution in [3.05, 3.63) is 77.2 Å². The second-order valence-corrected chi connectivity index (χ2v) is 6.25. The summed E-state index contributed by atoms with van der Waals surface area (Å²) in [5.74, 6) is 0.732. The van der Waals surface area contributed by atoms with Gasteiger partial charge in [0.05, 0.1) is 0 Å². The number of benzene rings is 2. The molecule has 3 rings (SSSR count). The Morgan fingerprint density at radius 2 is 1.86 bits per heavy atom. The molecule has 6 nitrogen and oxygen atoms in total. The number of halogens is 1. The van der Waals surface area contributed by atoms with Crippen molar-refractivity contribution in [1.82, 2.24) is 9.97 Å². The molecule has 28 heavy (non-hydrogen) atoms. The molecule has 3 aromatic rings. The van der Waals surface area contributed by atoms with Gasteiger partial charge in [-0.15, -0.1) is 0 Å². The lowest BCUT2D eigenvalue weighted by Crippen LogP contribution is -2.17. The van der Waals surface area contributed by atoms with E-state index in [0.29, 0.717) is 5.69 Å². The van der Waals surface area contributed by atoms with Crippen molar-refractivity contribution in [3.63, 3.8) is 0 Å². The minimum absolute atomic E-state index is 0.210. The van der Waals surface area contributed by atoms with Gasteiger partial charge in [0, 0.05) is 24.1 Å². The van der Waals surface area contributed by atoms with E-state index in [2.05, 4.69) is 21.4 Å². The van der Waals surface area contributed by atoms with E-state index in [0.717, 1.165) is 29.2 Å². The van der Waals surface area contributed by atoms with Crippen LogP contribution in [0.4, 0.5) is 22.0 Å². The van der Waals surface area contributed by atoms with Gasteiger partial charge in [0.25, 0.3) is 0 Å². The third-order valence-electron chi connectivity index (χ3n) is 3.99. The number of hydrogen-bond donors (Lipinski definition) is 2. The number of nitrogens with one attached hydrogen (secondary N) is 1. The second kappa shape index (κ2) is 9.01. The number of aromatic nitrogens is 2. The minimum Gasteiger partial charge on any atom is -0.465 e. The molecule has 2 aromatic carbocycles. The summed E-state index contributed by atoms with van der Waals surface area (Å²) < 4.78 is 0. The van der Waals surface area contributed by atoms with E-state index in [9.17, 15) is 4.79 Å². The van der Waals surface area contributed by atoms with E-state index >= 15 is 0 Å². The minimum atomic E-state index is -1.08. The van der Waals surface area contributed by atoms with Crippen molar-refractivity contribution >= 4 is 47.0 Å². The predicted octanol–water partition coefficient (Wildman–Crippen LogP) is 5.55. The smallest absolute Gasteiger partial charge is 0.409 e. The maximum absolute atomic E-state index is 10.8. The summed E-state index contributed by atoms with van der Waals surface area (Å²) in [6.45, 7) is 2.77. The second-order valence-electron chi connectivity index (χ2n) is 5.91. The number of carbonyl (C=O) groups is 1. The van der Waals surface area contributed by atoms with Crippen LogP contribution in [0, 0.1) is 0 Å². The fraction of sp³-hybridized carbons (Fsp3) is 0.0952. The number of amides is 1. The Bertz CT molecular complexity index is 1010. The van der Waals surface area contributed by atoms with Gasteiger partial charge in [0.2, 0.25) is 5.28 Å². The molecule has 1 amide bonds. The summed E-state index contributed by atoms with van der Waals surface area (Å²) in [4.78, 5) is 21.0. The predicted molar refractivity (Wildman–Crippen MR) is 113 cm³/mol. The molecule has 2 N–H and O–H groups in total. The summed E-state index contributed by atoms with van der Waals surface area (Å²) in [6.07, 6.45) is 4.46. The molecule has 0 unspecified atom stereocenters. The van der Waals surface area contributed by atoms with Crippen LogP contribution in [0.3, 0.4) is 0 Å². The van der Waals surface area contributed by atoms with Crippen LogP contribution in [0.2, 0.25) is 5.28 Å². The third kappa shape index (κ3) is 5.08. The van der Waals surface area contributed by atoms with Gasteiger partial charge in [-0.1, -0.05) is 36.4 Å². The Kier molecular flexibility index (Phi) is 6.24. The summed E-state index contributed by atoms with van der Waals surface area (Å²) >= 11 is 5.92. The fourth-order valence-electron chi connectivity index (χ4n) is 2.79. The average Bonchev–Trinajstić information content (AvgIpc) is 2.67.